The summed E-state index contributed by atoms with van der Waals surface area (Å²) >= 11 is 0. The number of likely N-dealkylation sites (N-methyl/N-ethyl adjacent to an activating group) is 1. The molecule has 2 fully saturated rings. The minimum Gasteiger partial charge on any atom is -0.493 e. The molecule has 2 aromatic heterocycles. The summed E-state index contributed by atoms with van der Waals surface area (Å²) in [4.78, 5) is 28.7. The van der Waals surface area contributed by atoms with Gasteiger partial charge in [-0.1, -0.05) is 6.07 Å². The Bertz CT molecular complexity index is 1620. The number of hydrogen-bond acceptors (Lipinski definition) is 7. The number of piperazine rings is 1. The van der Waals surface area contributed by atoms with E-state index in [1.165, 1.54) is 16.7 Å². The van der Waals surface area contributed by atoms with Gasteiger partial charge in [0, 0.05) is 49.4 Å². The molecule has 5 aliphatic rings. The number of nitriles is 1. The smallest absolute Gasteiger partial charge is 0.270 e. The highest BCUT2D eigenvalue weighted by molar-refractivity contribution is 5.95. The molecule has 3 aliphatic heterocycles. The van der Waals surface area contributed by atoms with Crippen LogP contribution in [0.15, 0.2) is 30.5 Å². The van der Waals surface area contributed by atoms with Crippen LogP contribution in [0.3, 0.4) is 0 Å². The molecule has 0 radical (unpaired) electrons. The van der Waals surface area contributed by atoms with Crippen molar-refractivity contribution < 1.29 is 14.3 Å². The first-order valence-electron chi connectivity index (χ1n) is 14.6. The third-order valence-electron chi connectivity index (χ3n) is 10.7. The monoisotopic (exact) mass is 550 g/mol. The van der Waals surface area contributed by atoms with Gasteiger partial charge in [0.25, 0.3) is 5.91 Å². The van der Waals surface area contributed by atoms with Gasteiger partial charge in [0.05, 0.1) is 18.4 Å². The zero-order valence-corrected chi connectivity index (χ0v) is 23.7. The normalized spacial score (nSPS) is 27.5. The van der Waals surface area contributed by atoms with Crippen LogP contribution < -0.4 is 14.4 Å². The molecule has 2 aliphatic carbocycles. The average Bonchev–Trinajstić information content (AvgIpc) is 3.53. The second kappa shape index (κ2) is 8.73. The third kappa shape index (κ3) is 3.25. The molecule has 9 nitrogen and oxygen atoms in total. The summed E-state index contributed by atoms with van der Waals surface area (Å²) in [5.74, 6) is 3.04. The number of rotatable bonds is 3. The van der Waals surface area contributed by atoms with Crippen LogP contribution in [0, 0.1) is 24.2 Å². The molecule has 1 spiro atoms. The van der Waals surface area contributed by atoms with Crippen molar-refractivity contribution in [3.05, 3.63) is 69.7 Å². The van der Waals surface area contributed by atoms with Crippen LogP contribution in [0.5, 0.6) is 11.5 Å². The molecular weight excluding hydrogens is 516 g/mol. The summed E-state index contributed by atoms with van der Waals surface area (Å²) in [6.45, 7) is 5.79. The number of hydrogen-bond donors (Lipinski definition) is 1. The summed E-state index contributed by atoms with van der Waals surface area (Å²) in [6, 6.07) is 10.5. The molecule has 1 aromatic carbocycles. The van der Waals surface area contributed by atoms with Gasteiger partial charge in [-0.15, -0.1) is 0 Å². The first-order chi connectivity index (χ1) is 19.9. The number of carbonyl (C=O) groups excluding carboxylic acids is 1. The Morgan fingerprint density at radius 3 is 2.73 bits per heavy atom. The zero-order valence-electron chi connectivity index (χ0n) is 23.7. The van der Waals surface area contributed by atoms with Crippen LogP contribution >= 0.6 is 0 Å². The van der Waals surface area contributed by atoms with Gasteiger partial charge in [0.15, 0.2) is 11.5 Å². The predicted molar refractivity (Wildman–Crippen MR) is 153 cm³/mol. The van der Waals surface area contributed by atoms with E-state index in [1.807, 2.05) is 11.0 Å². The van der Waals surface area contributed by atoms with Crippen LogP contribution in [-0.4, -0.2) is 78.6 Å². The van der Waals surface area contributed by atoms with Crippen molar-refractivity contribution in [1.29, 1.82) is 5.26 Å². The van der Waals surface area contributed by atoms with Crippen LogP contribution in [0.2, 0.25) is 0 Å². The van der Waals surface area contributed by atoms with Crippen LogP contribution in [-0.2, 0) is 18.3 Å². The highest BCUT2D eigenvalue weighted by atomic mass is 16.5. The van der Waals surface area contributed by atoms with Crippen molar-refractivity contribution in [1.82, 2.24) is 19.8 Å². The van der Waals surface area contributed by atoms with E-state index in [9.17, 15) is 4.79 Å². The van der Waals surface area contributed by atoms with E-state index < -0.39 is 0 Å². The number of amides is 1. The van der Waals surface area contributed by atoms with Crippen LogP contribution in [0.1, 0.15) is 56.5 Å². The Morgan fingerprint density at radius 1 is 1.17 bits per heavy atom. The number of fused-ring (bicyclic) bond motifs is 2. The van der Waals surface area contributed by atoms with Gasteiger partial charge in [0.1, 0.15) is 23.7 Å². The lowest BCUT2D eigenvalue weighted by molar-refractivity contribution is -0.0256. The molecule has 210 valence electrons. The molecule has 5 heterocycles. The van der Waals surface area contributed by atoms with Gasteiger partial charge in [-0.3, -0.25) is 4.79 Å². The van der Waals surface area contributed by atoms with Crippen molar-refractivity contribution in [3.63, 3.8) is 0 Å². The number of benzene rings is 1. The molecule has 1 unspecified atom stereocenters. The van der Waals surface area contributed by atoms with E-state index in [0.717, 1.165) is 54.4 Å². The van der Waals surface area contributed by atoms with Crippen molar-refractivity contribution in [2.75, 3.05) is 51.8 Å². The van der Waals surface area contributed by atoms with Gasteiger partial charge in [-0.05, 0) is 80.6 Å². The summed E-state index contributed by atoms with van der Waals surface area (Å²) in [5, 5.41) is 9.07. The number of nitrogens with zero attached hydrogens (tertiary/aromatic N) is 5. The molecule has 3 aromatic rings. The molecular formula is C32H34N6O3. The van der Waals surface area contributed by atoms with Gasteiger partial charge >= 0.3 is 0 Å². The topological polar surface area (TPSA) is 97.7 Å². The number of aromatic amines is 1. The second-order valence-corrected chi connectivity index (χ2v) is 12.3. The summed E-state index contributed by atoms with van der Waals surface area (Å²) < 4.78 is 12.7. The number of piperidine rings is 1. The van der Waals surface area contributed by atoms with Gasteiger partial charge in [-0.2, -0.15) is 5.26 Å². The number of H-pyrrole nitrogens is 1. The molecule has 2 saturated heterocycles. The van der Waals surface area contributed by atoms with Crippen molar-refractivity contribution in [2.24, 2.45) is 5.92 Å². The predicted octanol–water partition coefficient (Wildman–Crippen LogP) is 3.36. The van der Waals surface area contributed by atoms with Gasteiger partial charge in [0.2, 0.25) is 0 Å². The number of methoxy groups -OCH3 is 1. The van der Waals surface area contributed by atoms with E-state index in [-0.39, 0.29) is 17.4 Å². The lowest BCUT2D eigenvalue weighted by Gasteiger charge is -2.57. The summed E-state index contributed by atoms with van der Waals surface area (Å²) in [6.07, 6.45) is 4.47. The number of likely N-dealkylation sites (tertiary alicyclic amines) is 1. The first-order valence-corrected chi connectivity index (χ1v) is 14.6. The SMILES string of the molecule is COc1ccc2c3c1O[C@H]1c4[nH]c(C(=O)N5CCN(c6ccc(C#N)cn6)CC5)c(C)c4CC4[C@H](C2)N(C)CC[C@@]341. The standard InChI is InChI=1S/C32H34N6O3/c1-18-21-15-22-23-14-20-5-6-24(40-3)29-26(20)32(22,8-9-36(23)2)30(41-29)28(21)35-27(18)31(39)38-12-10-37(11-13-38)25-7-4-19(16-33)17-34-25/h4-7,17,22-23,30,35H,8-15H2,1-3H3/t22?,23-,30-,32-/m0/s1. The fourth-order valence-electron chi connectivity index (χ4n) is 8.59. The van der Waals surface area contributed by atoms with E-state index >= 15 is 0 Å². The van der Waals surface area contributed by atoms with Crippen molar-refractivity contribution >= 4 is 11.7 Å². The highest BCUT2D eigenvalue weighted by Gasteiger charge is 2.65. The minimum absolute atomic E-state index is 0.0543. The van der Waals surface area contributed by atoms with Crippen molar-refractivity contribution in [3.8, 4) is 17.6 Å². The maximum Gasteiger partial charge on any atom is 0.270 e. The van der Waals surface area contributed by atoms with Gasteiger partial charge in [-0.25, -0.2) is 4.98 Å². The molecule has 1 N–H and O–H groups in total. The highest BCUT2D eigenvalue weighted by Crippen LogP contribution is 2.67. The van der Waals surface area contributed by atoms with Gasteiger partial charge < -0.3 is 29.2 Å². The number of ether oxygens (including phenoxy) is 2. The Morgan fingerprint density at radius 2 is 2.00 bits per heavy atom. The third-order valence-corrected chi connectivity index (χ3v) is 10.7. The average molecular weight is 551 g/mol. The maximum absolute atomic E-state index is 14.0. The van der Waals surface area contributed by atoms with E-state index in [0.29, 0.717) is 49.4 Å². The van der Waals surface area contributed by atoms with E-state index in [1.54, 1.807) is 19.4 Å². The maximum atomic E-state index is 14.0. The fraction of sp³-hybridized carbons (Fsp3) is 0.469. The minimum atomic E-state index is -0.141. The summed E-state index contributed by atoms with van der Waals surface area (Å²) in [7, 11) is 3.98. The fourth-order valence-corrected chi connectivity index (χ4v) is 8.59. The Hall–Kier alpha value is -4.03. The molecule has 4 atom stereocenters. The Labute approximate surface area is 239 Å². The number of aromatic nitrogens is 2. The first kappa shape index (κ1) is 24.7. The lowest BCUT2D eigenvalue weighted by Crippen LogP contribution is -2.62. The zero-order chi connectivity index (χ0) is 28.0. The van der Waals surface area contributed by atoms with E-state index in [2.05, 4.69) is 51.9 Å². The number of anilines is 1. The second-order valence-electron chi connectivity index (χ2n) is 12.3. The van der Waals surface area contributed by atoms with Crippen molar-refractivity contribution in [2.45, 2.75) is 43.7 Å². The molecule has 9 heteroatoms. The molecule has 1 amide bonds. The molecule has 2 bridgehead atoms. The summed E-state index contributed by atoms with van der Waals surface area (Å²) in [5.41, 5.74) is 7.29. The molecule has 41 heavy (non-hydrogen) atoms. The van der Waals surface area contributed by atoms with Crippen LogP contribution in [0.4, 0.5) is 5.82 Å². The number of carbonyl (C=O) groups is 1. The molecule has 8 rings (SSSR count). The Balaban J connectivity index is 1.12. The quantitative estimate of drug-likeness (QED) is 0.534. The Kier molecular flexibility index (Phi) is 5.27. The van der Waals surface area contributed by atoms with E-state index in [4.69, 9.17) is 14.7 Å². The number of nitrogens with one attached hydrogen (secondary N) is 1. The molecule has 0 saturated carbocycles. The number of pyridine rings is 1. The van der Waals surface area contributed by atoms with Crippen LogP contribution in [0.25, 0.3) is 0 Å². The largest absolute Gasteiger partial charge is 0.493 e. The lowest BCUT2D eigenvalue weighted by atomic mass is 9.51.